The smallest absolute Gasteiger partial charge is 0.274 e. The summed E-state index contributed by atoms with van der Waals surface area (Å²) in [4.78, 5) is 41.5. The minimum Gasteiger partial charge on any atom is -0.368 e. The molecule has 1 unspecified atom stereocenters. The van der Waals surface area contributed by atoms with Crippen molar-refractivity contribution < 1.29 is 14.4 Å². The lowest BCUT2D eigenvalue weighted by molar-refractivity contribution is -0.119. The Bertz CT molecular complexity index is 1230. The molecular weight excluding hydrogens is 635 g/mol. The fourth-order valence-corrected chi connectivity index (χ4v) is 4.51. The lowest BCUT2D eigenvalue weighted by Crippen LogP contribution is -2.42. The predicted molar refractivity (Wildman–Crippen MR) is 130 cm³/mol. The summed E-state index contributed by atoms with van der Waals surface area (Å²) in [5, 5.41) is 9.73. The molecule has 3 amide bonds. The number of nitrogens with two attached hydrogens (primary N) is 1. The van der Waals surface area contributed by atoms with Gasteiger partial charge in [-0.3, -0.25) is 14.4 Å². The van der Waals surface area contributed by atoms with Crippen molar-refractivity contribution >= 4 is 82.8 Å². The molecule has 3 aromatic rings. The monoisotopic (exact) mass is 646 g/mol. The summed E-state index contributed by atoms with van der Waals surface area (Å²) in [6, 6.07) is 7.02. The lowest BCUT2D eigenvalue weighted by atomic mass is 10.1. The number of rotatable bonds is 6. The summed E-state index contributed by atoms with van der Waals surface area (Å²) in [5.41, 5.74) is 5.63. The van der Waals surface area contributed by atoms with Crippen molar-refractivity contribution in [3.05, 3.63) is 66.4 Å². The number of anilines is 1. The molecule has 0 saturated carbocycles. The van der Waals surface area contributed by atoms with Crippen molar-refractivity contribution in [2.75, 3.05) is 5.32 Å². The van der Waals surface area contributed by atoms with Crippen molar-refractivity contribution in [1.29, 1.82) is 0 Å². The molecule has 9 nitrogen and oxygen atoms in total. The number of nitrogens with zero attached hydrogens (tertiary/aromatic N) is 3. The summed E-state index contributed by atoms with van der Waals surface area (Å²) in [6.07, 6.45) is 1.52. The molecule has 0 fully saturated rings. The van der Waals surface area contributed by atoms with Crippen LogP contribution in [0.2, 0.25) is 5.02 Å². The summed E-state index contributed by atoms with van der Waals surface area (Å²) >= 11 is 16.1. The van der Waals surface area contributed by atoms with E-state index in [1.807, 2.05) is 0 Å². The Morgan fingerprint density at radius 2 is 1.88 bits per heavy atom. The molecule has 2 heterocycles. The molecule has 0 bridgehead atoms. The first-order valence-corrected chi connectivity index (χ1v) is 11.6. The van der Waals surface area contributed by atoms with E-state index in [9.17, 15) is 14.4 Å². The van der Waals surface area contributed by atoms with Gasteiger partial charge >= 0.3 is 0 Å². The highest BCUT2D eigenvalue weighted by Crippen LogP contribution is 2.32. The van der Waals surface area contributed by atoms with Gasteiger partial charge in [0.1, 0.15) is 16.3 Å². The van der Waals surface area contributed by atoms with Gasteiger partial charge in [0.25, 0.3) is 11.8 Å². The Hall–Kier alpha value is -2.28. The van der Waals surface area contributed by atoms with Crippen molar-refractivity contribution in [2.45, 2.75) is 13.0 Å². The average molecular weight is 650 g/mol. The SMILES string of the molecule is CC(NC(=O)c1cc(Br)cc(Br)c1NC(=O)c1cc(Br)nn1-c1ncccc1Cl)C(N)=O. The molecule has 166 valence electrons. The highest BCUT2D eigenvalue weighted by atomic mass is 79.9. The first kappa shape index (κ1) is 24.4. The van der Waals surface area contributed by atoms with Crippen LogP contribution in [0.1, 0.15) is 27.8 Å². The molecule has 32 heavy (non-hydrogen) atoms. The Kier molecular flexibility index (Phi) is 7.70. The zero-order valence-corrected chi connectivity index (χ0v) is 21.7. The minimum atomic E-state index is -0.910. The normalized spacial score (nSPS) is 11.7. The number of amides is 3. The molecule has 0 aliphatic heterocycles. The second kappa shape index (κ2) is 10.1. The predicted octanol–water partition coefficient (Wildman–Crippen LogP) is 4.06. The van der Waals surface area contributed by atoms with Gasteiger partial charge in [0.2, 0.25) is 5.91 Å². The Morgan fingerprint density at radius 3 is 2.53 bits per heavy atom. The van der Waals surface area contributed by atoms with Gasteiger partial charge in [0.15, 0.2) is 5.82 Å². The number of aromatic nitrogens is 3. The molecule has 0 saturated heterocycles. The van der Waals surface area contributed by atoms with Crippen LogP contribution >= 0.6 is 59.4 Å². The number of benzene rings is 1. The topological polar surface area (TPSA) is 132 Å². The van der Waals surface area contributed by atoms with E-state index in [0.717, 1.165) is 0 Å². The van der Waals surface area contributed by atoms with Crippen molar-refractivity contribution in [1.82, 2.24) is 20.1 Å². The van der Waals surface area contributed by atoms with Gasteiger partial charge in [-0.15, -0.1) is 0 Å². The molecule has 0 aliphatic carbocycles. The fourth-order valence-electron chi connectivity index (χ4n) is 2.61. The van der Waals surface area contributed by atoms with E-state index < -0.39 is 23.8 Å². The van der Waals surface area contributed by atoms with Crippen LogP contribution in [0.3, 0.4) is 0 Å². The van der Waals surface area contributed by atoms with E-state index >= 15 is 0 Å². The van der Waals surface area contributed by atoms with E-state index in [2.05, 4.69) is 68.5 Å². The lowest BCUT2D eigenvalue weighted by Gasteiger charge is -2.16. The number of hydrogen-bond acceptors (Lipinski definition) is 5. The third kappa shape index (κ3) is 5.37. The Balaban J connectivity index is 2.00. The molecule has 13 heteroatoms. The van der Waals surface area contributed by atoms with Crippen LogP contribution in [0.4, 0.5) is 5.69 Å². The van der Waals surface area contributed by atoms with Gasteiger partial charge in [0.05, 0.1) is 16.3 Å². The van der Waals surface area contributed by atoms with Crippen LogP contribution in [0.15, 0.2) is 50.1 Å². The van der Waals surface area contributed by atoms with E-state index in [0.29, 0.717) is 18.6 Å². The molecule has 2 aromatic heterocycles. The quantitative estimate of drug-likeness (QED) is 0.371. The summed E-state index contributed by atoms with van der Waals surface area (Å²) in [7, 11) is 0. The first-order chi connectivity index (χ1) is 15.1. The van der Waals surface area contributed by atoms with E-state index in [-0.39, 0.29) is 22.8 Å². The van der Waals surface area contributed by atoms with Crippen molar-refractivity contribution in [3.63, 3.8) is 0 Å². The largest absolute Gasteiger partial charge is 0.368 e. The molecular formula is C19H14Br3ClN6O3. The Morgan fingerprint density at radius 1 is 1.16 bits per heavy atom. The molecule has 1 aromatic carbocycles. The van der Waals surface area contributed by atoms with Crippen LogP contribution in [-0.2, 0) is 4.79 Å². The van der Waals surface area contributed by atoms with Gasteiger partial charge in [-0.25, -0.2) is 9.67 Å². The summed E-state index contributed by atoms with van der Waals surface area (Å²) in [5.74, 6) is -1.62. The maximum Gasteiger partial charge on any atom is 0.274 e. The van der Waals surface area contributed by atoms with Gasteiger partial charge in [-0.2, -0.15) is 5.10 Å². The summed E-state index contributed by atoms with van der Waals surface area (Å²) < 4.78 is 2.67. The first-order valence-electron chi connectivity index (χ1n) is 8.85. The average Bonchev–Trinajstić information content (AvgIpc) is 3.11. The van der Waals surface area contributed by atoms with Gasteiger partial charge < -0.3 is 16.4 Å². The van der Waals surface area contributed by atoms with Crippen molar-refractivity contribution in [3.8, 4) is 5.82 Å². The second-order valence-electron chi connectivity index (χ2n) is 6.43. The van der Waals surface area contributed by atoms with E-state index in [1.54, 1.807) is 18.2 Å². The van der Waals surface area contributed by atoms with Crippen LogP contribution in [0.5, 0.6) is 0 Å². The maximum absolute atomic E-state index is 13.2. The standard InChI is InChI=1S/C19H14Br3ClN6O3/c1-8(16(24)30)26-18(31)10-5-9(20)6-11(21)15(10)27-19(32)13-7-14(22)28-29(13)17-12(23)3-2-4-25-17/h2-8H,1H3,(H2,24,30)(H,26,31)(H,27,32). The molecule has 0 spiro atoms. The van der Waals surface area contributed by atoms with Crippen LogP contribution in [-0.4, -0.2) is 38.5 Å². The maximum atomic E-state index is 13.2. The number of primary amides is 1. The third-order valence-electron chi connectivity index (χ3n) is 4.16. The molecule has 0 radical (unpaired) electrons. The number of carbonyl (C=O) groups excluding carboxylic acids is 3. The van der Waals surface area contributed by atoms with Crippen LogP contribution in [0, 0.1) is 0 Å². The number of nitrogens with one attached hydrogen (secondary N) is 2. The van der Waals surface area contributed by atoms with E-state index in [4.69, 9.17) is 17.3 Å². The second-order valence-corrected chi connectivity index (χ2v) is 9.42. The van der Waals surface area contributed by atoms with E-state index in [1.165, 1.54) is 29.9 Å². The zero-order valence-electron chi connectivity index (χ0n) is 16.2. The third-order valence-corrected chi connectivity index (χ3v) is 5.93. The van der Waals surface area contributed by atoms with Crippen LogP contribution < -0.4 is 16.4 Å². The number of carbonyl (C=O) groups is 3. The zero-order chi connectivity index (χ0) is 23.6. The number of pyridine rings is 1. The molecule has 1 atom stereocenters. The Labute approximate surface area is 212 Å². The number of hydrogen-bond donors (Lipinski definition) is 3. The fraction of sp³-hybridized carbons (Fsp3) is 0.105. The minimum absolute atomic E-state index is 0.105. The number of halogens is 4. The molecule has 0 aliphatic rings. The highest BCUT2D eigenvalue weighted by molar-refractivity contribution is 9.11. The van der Waals surface area contributed by atoms with Crippen molar-refractivity contribution in [2.24, 2.45) is 5.73 Å². The summed E-state index contributed by atoms with van der Waals surface area (Å²) in [6.45, 7) is 1.46. The van der Waals surface area contributed by atoms with Gasteiger partial charge in [-0.05, 0) is 63.0 Å². The highest BCUT2D eigenvalue weighted by Gasteiger charge is 2.24. The van der Waals surface area contributed by atoms with Crippen LogP contribution in [0.25, 0.3) is 5.82 Å². The van der Waals surface area contributed by atoms with Gasteiger partial charge in [0, 0.05) is 21.2 Å². The molecule has 3 rings (SSSR count). The van der Waals surface area contributed by atoms with Gasteiger partial charge in [-0.1, -0.05) is 27.5 Å². The molecule has 4 N–H and O–H groups in total.